The van der Waals surface area contributed by atoms with Crippen molar-refractivity contribution in [2.24, 2.45) is 0 Å². The second-order valence-electron chi connectivity index (χ2n) is 6.31. The number of nitrogens with one attached hydrogen (secondary N) is 4. The van der Waals surface area contributed by atoms with Crippen LogP contribution in [0.15, 0.2) is 22.8 Å². The van der Waals surface area contributed by atoms with E-state index in [4.69, 9.17) is 4.42 Å². The van der Waals surface area contributed by atoms with Crippen LogP contribution in [0.5, 0.6) is 0 Å². The maximum Gasteiger partial charge on any atom is 0.322 e. The van der Waals surface area contributed by atoms with Crippen molar-refractivity contribution in [3.8, 4) is 0 Å². The van der Waals surface area contributed by atoms with E-state index < -0.39 is 23.4 Å². The van der Waals surface area contributed by atoms with Crippen LogP contribution in [0.25, 0.3) is 0 Å². The summed E-state index contributed by atoms with van der Waals surface area (Å²) in [6.45, 7) is 0.0679. The standard InChI is InChI=1S/C16H19N5O6/c22-11(8-18-13(24)10-2-1-7-27-10)17-9-12(23)21-5-3-16(4-6-21)14(25)19-15(26)20-16/h1-2,7H,3-6,8-9H2,(H,17,22)(H,18,24)(H2,19,20,25,26). The molecule has 2 aliphatic rings. The molecule has 144 valence electrons. The molecule has 6 amide bonds. The van der Waals surface area contributed by atoms with E-state index in [1.807, 2.05) is 0 Å². The molecule has 1 aromatic rings. The first-order chi connectivity index (χ1) is 12.9. The number of urea groups is 1. The van der Waals surface area contributed by atoms with Crippen LogP contribution in [-0.2, 0) is 14.4 Å². The molecule has 2 saturated heterocycles. The Balaban J connectivity index is 1.38. The summed E-state index contributed by atoms with van der Waals surface area (Å²) in [5.41, 5.74) is -0.951. The molecule has 0 aliphatic carbocycles. The molecule has 1 spiro atoms. The molecule has 1 aromatic heterocycles. The highest BCUT2D eigenvalue weighted by Crippen LogP contribution is 2.25. The monoisotopic (exact) mass is 377 g/mol. The Kier molecular flexibility index (Phi) is 5.10. The number of imide groups is 1. The first-order valence-corrected chi connectivity index (χ1v) is 8.39. The molecule has 27 heavy (non-hydrogen) atoms. The molecule has 0 bridgehead atoms. The van der Waals surface area contributed by atoms with E-state index >= 15 is 0 Å². The van der Waals surface area contributed by atoms with Crippen molar-refractivity contribution < 1.29 is 28.4 Å². The van der Waals surface area contributed by atoms with Crippen LogP contribution < -0.4 is 21.3 Å². The van der Waals surface area contributed by atoms with E-state index in [1.165, 1.54) is 17.2 Å². The fraction of sp³-hybridized carbons (Fsp3) is 0.438. The number of piperidine rings is 1. The molecule has 0 atom stereocenters. The van der Waals surface area contributed by atoms with Crippen molar-refractivity contribution in [1.29, 1.82) is 0 Å². The van der Waals surface area contributed by atoms with Gasteiger partial charge >= 0.3 is 6.03 Å². The number of amides is 6. The average molecular weight is 377 g/mol. The normalized spacial score (nSPS) is 18.0. The van der Waals surface area contributed by atoms with Crippen LogP contribution in [0.2, 0.25) is 0 Å². The van der Waals surface area contributed by atoms with E-state index in [-0.39, 0.29) is 43.8 Å². The highest BCUT2D eigenvalue weighted by atomic mass is 16.3. The largest absolute Gasteiger partial charge is 0.459 e. The Labute approximate surface area is 153 Å². The van der Waals surface area contributed by atoms with Gasteiger partial charge in [0.2, 0.25) is 11.8 Å². The maximum absolute atomic E-state index is 12.2. The van der Waals surface area contributed by atoms with Gasteiger partial charge in [0.05, 0.1) is 19.4 Å². The second kappa shape index (κ2) is 7.48. The first-order valence-electron chi connectivity index (χ1n) is 8.39. The zero-order valence-electron chi connectivity index (χ0n) is 14.4. The fourth-order valence-electron chi connectivity index (χ4n) is 3.02. The number of carbonyl (C=O) groups is 5. The molecule has 2 aliphatic heterocycles. The van der Waals surface area contributed by atoms with Crippen LogP contribution in [0.3, 0.4) is 0 Å². The minimum Gasteiger partial charge on any atom is -0.459 e. The summed E-state index contributed by atoms with van der Waals surface area (Å²) in [6.07, 6.45) is 1.96. The maximum atomic E-state index is 12.2. The van der Waals surface area contributed by atoms with E-state index in [9.17, 15) is 24.0 Å². The summed E-state index contributed by atoms with van der Waals surface area (Å²) in [4.78, 5) is 60.3. The zero-order valence-corrected chi connectivity index (χ0v) is 14.4. The molecule has 3 rings (SSSR count). The third kappa shape index (κ3) is 4.07. The van der Waals surface area contributed by atoms with Crippen LogP contribution in [0.4, 0.5) is 4.79 Å². The van der Waals surface area contributed by atoms with Crippen molar-refractivity contribution in [3.63, 3.8) is 0 Å². The predicted octanol–water partition coefficient (Wildman–Crippen LogP) is -1.67. The van der Waals surface area contributed by atoms with Crippen LogP contribution in [0, 0.1) is 0 Å². The Morgan fingerprint density at radius 3 is 2.48 bits per heavy atom. The van der Waals surface area contributed by atoms with Gasteiger partial charge in [-0.1, -0.05) is 0 Å². The van der Waals surface area contributed by atoms with Gasteiger partial charge in [0, 0.05) is 13.1 Å². The Bertz CT molecular complexity index is 766. The lowest BCUT2D eigenvalue weighted by Crippen LogP contribution is -2.56. The van der Waals surface area contributed by atoms with Gasteiger partial charge in [-0.3, -0.25) is 24.5 Å². The molecule has 0 radical (unpaired) electrons. The molecule has 11 nitrogen and oxygen atoms in total. The molecule has 4 N–H and O–H groups in total. The number of likely N-dealkylation sites (tertiary alicyclic amines) is 1. The quantitative estimate of drug-likeness (QED) is 0.451. The molecule has 0 aromatic carbocycles. The number of hydrogen-bond donors (Lipinski definition) is 4. The van der Waals surface area contributed by atoms with Gasteiger partial charge < -0.3 is 25.3 Å². The minimum atomic E-state index is -0.951. The van der Waals surface area contributed by atoms with Crippen molar-refractivity contribution in [3.05, 3.63) is 24.2 Å². The zero-order chi connectivity index (χ0) is 19.4. The lowest BCUT2D eigenvalue weighted by Gasteiger charge is -2.37. The van der Waals surface area contributed by atoms with Gasteiger partial charge in [-0.15, -0.1) is 0 Å². The van der Waals surface area contributed by atoms with Crippen molar-refractivity contribution in [2.75, 3.05) is 26.2 Å². The van der Waals surface area contributed by atoms with Crippen molar-refractivity contribution in [2.45, 2.75) is 18.4 Å². The highest BCUT2D eigenvalue weighted by molar-refractivity contribution is 6.07. The van der Waals surface area contributed by atoms with Gasteiger partial charge in [-0.05, 0) is 25.0 Å². The third-order valence-electron chi connectivity index (χ3n) is 4.58. The number of carbonyl (C=O) groups excluding carboxylic acids is 5. The van der Waals surface area contributed by atoms with Gasteiger partial charge in [0.1, 0.15) is 5.54 Å². The summed E-state index contributed by atoms with van der Waals surface area (Å²) in [5, 5.41) is 9.62. The fourth-order valence-corrected chi connectivity index (χ4v) is 3.02. The molecule has 2 fully saturated rings. The second-order valence-corrected chi connectivity index (χ2v) is 6.31. The summed E-state index contributed by atoms with van der Waals surface area (Å²) >= 11 is 0. The summed E-state index contributed by atoms with van der Waals surface area (Å²) in [7, 11) is 0. The SMILES string of the molecule is O=C(CNC(=O)c1ccco1)NCC(=O)N1CCC2(CC1)NC(=O)NC2=O. The Hall–Kier alpha value is -3.37. The van der Waals surface area contributed by atoms with Gasteiger partial charge in [0.25, 0.3) is 11.8 Å². The Morgan fingerprint density at radius 1 is 1.15 bits per heavy atom. The average Bonchev–Trinajstić information content (AvgIpc) is 3.27. The molecular weight excluding hydrogens is 358 g/mol. The number of nitrogens with zero attached hydrogens (tertiary/aromatic N) is 1. The smallest absolute Gasteiger partial charge is 0.322 e. The summed E-state index contributed by atoms with van der Waals surface area (Å²) in [6, 6.07) is 2.49. The topological polar surface area (TPSA) is 150 Å². The summed E-state index contributed by atoms with van der Waals surface area (Å²) in [5.74, 6) is -1.64. The lowest BCUT2D eigenvalue weighted by molar-refractivity contribution is -0.136. The van der Waals surface area contributed by atoms with Gasteiger partial charge in [-0.25, -0.2) is 4.79 Å². The van der Waals surface area contributed by atoms with E-state index in [1.54, 1.807) is 6.07 Å². The predicted molar refractivity (Wildman–Crippen MR) is 89.3 cm³/mol. The van der Waals surface area contributed by atoms with E-state index in [2.05, 4.69) is 21.3 Å². The first kappa shape index (κ1) is 18.4. The number of furan rings is 1. The van der Waals surface area contributed by atoms with E-state index in [0.29, 0.717) is 12.8 Å². The highest BCUT2D eigenvalue weighted by Gasteiger charge is 2.48. The van der Waals surface area contributed by atoms with Crippen molar-refractivity contribution in [1.82, 2.24) is 26.2 Å². The molecule has 3 heterocycles. The van der Waals surface area contributed by atoms with Gasteiger partial charge in [-0.2, -0.15) is 0 Å². The third-order valence-corrected chi connectivity index (χ3v) is 4.58. The van der Waals surface area contributed by atoms with Crippen LogP contribution in [0.1, 0.15) is 23.4 Å². The number of rotatable bonds is 5. The Morgan fingerprint density at radius 2 is 1.89 bits per heavy atom. The van der Waals surface area contributed by atoms with E-state index in [0.717, 1.165) is 0 Å². The molecular formula is C16H19N5O6. The van der Waals surface area contributed by atoms with Crippen molar-refractivity contribution >= 4 is 29.7 Å². The molecule has 11 heteroatoms. The van der Waals surface area contributed by atoms with Crippen LogP contribution >= 0.6 is 0 Å². The lowest BCUT2D eigenvalue weighted by atomic mass is 9.88. The molecule has 0 unspecified atom stereocenters. The minimum absolute atomic E-state index is 0.0872. The molecule has 0 saturated carbocycles. The summed E-state index contributed by atoms with van der Waals surface area (Å²) < 4.78 is 4.90. The van der Waals surface area contributed by atoms with Crippen LogP contribution in [-0.4, -0.2) is 66.3 Å². The number of hydrogen-bond acceptors (Lipinski definition) is 6. The van der Waals surface area contributed by atoms with Gasteiger partial charge in [0.15, 0.2) is 5.76 Å².